The van der Waals surface area contributed by atoms with Crippen molar-refractivity contribution < 1.29 is 4.79 Å². The Morgan fingerprint density at radius 1 is 1.32 bits per heavy atom. The molecule has 1 aromatic carbocycles. The predicted molar refractivity (Wildman–Crippen MR) is 98.1 cm³/mol. The first-order valence-electron chi connectivity index (χ1n) is 8.58. The van der Waals surface area contributed by atoms with Crippen LogP contribution in [0.25, 0.3) is 0 Å². The third kappa shape index (κ3) is 3.96. The van der Waals surface area contributed by atoms with E-state index in [4.69, 9.17) is 5.73 Å². The van der Waals surface area contributed by atoms with E-state index >= 15 is 0 Å². The molecule has 25 heavy (non-hydrogen) atoms. The summed E-state index contributed by atoms with van der Waals surface area (Å²) in [7, 11) is 2.04. The topological polar surface area (TPSA) is 75.4 Å². The van der Waals surface area contributed by atoms with Gasteiger partial charge >= 0.3 is 0 Å². The predicted octanol–water partition coefficient (Wildman–Crippen LogP) is 2.02. The van der Waals surface area contributed by atoms with Crippen molar-refractivity contribution in [3.05, 3.63) is 53.0 Å². The number of hydrogen-bond donors (Lipinski definition) is 1. The highest BCUT2D eigenvalue weighted by atomic mass is 16.2. The number of carbonyl (C=O) groups excluding carboxylic acids is 1. The summed E-state index contributed by atoms with van der Waals surface area (Å²) in [6.07, 6.45) is 2.63. The SMILES string of the molecule is Cc1ccc(C(=O)N2CC[C@H](N(C)Cc3nccc(N)n3)C2)cc1C. The Labute approximate surface area is 148 Å². The number of hydrogen-bond acceptors (Lipinski definition) is 5. The van der Waals surface area contributed by atoms with Gasteiger partial charge < -0.3 is 10.6 Å². The lowest BCUT2D eigenvalue weighted by Gasteiger charge is -2.24. The van der Waals surface area contributed by atoms with Gasteiger partial charge in [-0.05, 0) is 56.6 Å². The van der Waals surface area contributed by atoms with Crippen LogP contribution in [0.3, 0.4) is 0 Å². The summed E-state index contributed by atoms with van der Waals surface area (Å²) in [6, 6.07) is 7.90. The molecule has 0 radical (unpaired) electrons. The monoisotopic (exact) mass is 339 g/mol. The van der Waals surface area contributed by atoms with E-state index in [0.717, 1.165) is 30.6 Å². The van der Waals surface area contributed by atoms with Gasteiger partial charge in [-0.15, -0.1) is 0 Å². The molecule has 0 bridgehead atoms. The van der Waals surface area contributed by atoms with Crippen molar-refractivity contribution in [1.82, 2.24) is 19.8 Å². The largest absolute Gasteiger partial charge is 0.384 e. The minimum atomic E-state index is 0.110. The summed E-state index contributed by atoms with van der Waals surface area (Å²) >= 11 is 0. The number of anilines is 1. The van der Waals surface area contributed by atoms with Crippen molar-refractivity contribution in [2.24, 2.45) is 0 Å². The smallest absolute Gasteiger partial charge is 0.253 e. The van der Waals surface area contributed by atoms with Crippen molar-refractivity contribution in [3.63, 3.8) is 0 Å². The van der Waals surface area contributed by atoms with Crippen LogP contribution in [0.4, 0.5) is 5.82 Å². The van der Waals surface area contributed by atoms with Crippen molar-refractivity contribution >= 4 is 11.7 Å². The molecule has 1 fully saturated rings. The zero-order chi connectivity index (χ0) is 18.0. The quantitative estimate of drug-likeness (QED) is 0.922. The minimum Gasteiger partial charge on any atom is -0.384 e. The molecule has 1 amide bonds. The number of nitrogen functional groups attached to an aromatic ring is 1. The van der Waals surface area contributed by atoms with Crippen LogP contribution in [0.15, 0.2) is 30.5 Å². The fourth-order valence-electron chi connectivity index (χ4n) is 3.19. The Bertz CT molecular complexity index is 776. The van der Waals surface area contributed by atoms with Crippen molar-refractivity contribution in [2.75, 3.05) is 25.9 Å². The lowest BCUT2D eigenvalue weighted by molar-refractivity contribution is 0.0779. The van der Waals surface area contributed by atoms with Gasteiger partial charge in [0.2, 0.25) is 0 Å². The van der Waals surface area contributed by atoms with Gasteiger partial charge in [0.25, 0.3) is 5.91 Å². The molecular weight excluding hydrogens is 314 g/mol. The van der Waals surface area contributed by atoms with Gasteiger partial charge in [-0.25, -0.2) is 9.97 Å². The van der Waals surface area contributed by atoms with Gasteiger partial charge in [-0.2, -0.15) is 0 Å². The van der Waals surface area contributed by atoms with Gasteiger partial charge in [0.05, 0.1) is 6.54 Å². The fraction of sp³-hybridized carbons (Fsp3) is 0.421. The van der Waals surface area contributed by atoms with Gasteiger partial charge in [-0.3, -0.25) is 9.69 Å². The van der Waals surface area contributed by atoms with Gasteiger partial charge in [0.15, 0.2) is 0 Å². The van der Waals surface area contributed by atoms with Crippen LogP contribution in [0.1, 0.15) is 33.7 Å². The lowest BCUT2D eigenvalue weighted by Crippen LogP contribution is -2.36. The number of likely N-dealkylation sites (tertiary alicyclic amines) is 1. The number of nitrogens with two attached hydrogens (primary N) is 1. The Morgan fingerprint density at radius 2 is 2.12 bits per heavy atom. The van der Waals surface area contributed by atoms with E-state index in [0.29, 0.717) is 24.2 Å². The van der Waals surface area contributed by atoms with E-state index in [2.05, 4.69) is 21.8 Å². The number of amides is 1. The molecule has 1 aliphatic heterocycles. The first kappa shape index (κ1) is 17.4. The number of benzene rings is 1. The van der Waals surface area contributed by atoms with Gasteiger partial charge in [-0.1, -0.05) is 6.07 Å². The molecule has 2 aromatic rings. The molecule has 1 saturated heterocycles. The van der Waals surface area contributed by atoms with Crippen LogP contribution in [-0.2, 0) is 6.54 Å². The molecule has 0 saturated carbocycles. The Hall–Kier alpha value is -2.47. The van der Waals surface area contributed by atoms with E-state index in [1.54, 1.807) is 12.3 Å². The normalized spacial score (nSPS) is 17.3. The molecular formula is C19H25N5O. The maximum atomic E-state index is 12.7. The summed E-state index contributed by atoms with van der Waals surface area (Å²) < 4.78 is 0. The minimum absolute atomic E-state index is 0.110. The Kier molecular flexibility index (Phi) is 4.99. The molecule has 3 rings (SSSR count). The van der Waals surface area contributed by atoms with Crippen LogP contribution >= 0.6 is 0 Å². The first-order valence-corrected chi connectivity index (χ1v) is 8.58. The molecule has 1 aromatic heterocycles. The molecule has 1 aliphatic rings. The average molecular weight is 339 g/mol. The number of aryl methyl sites for hydroxylation is 2. The molecule has 6 heteroatoms. The maximum absolute atomic E-state index is 12.7. The molecule has 6 nitrogen and oxygen atoms in total. The highest BCUT2D eigenvalue weighted by Gasteiger charge is 2.29. The second-order valence-corrected chi connectivity index (χ2v) is 6.81. The number of carbonyl (C=O) groups is 1. The Morgan fingerprint density at radius 3 is 2.84 bits per heavy atom. The summed E-state index contributed by atoms with van der Waals surface area (Å²) in [4.78, 5) is 25.4. The number of rotatable bonds is 4. The van der Waals surface area contributed by atoms with Crippen molar-refractivity contribution in [1.29, 1.82) is 0 Å². The summed E-state index contributed by atoms with van der Waals surface area (Å²) in [6.45, 7) is 6.23. The summed E-state index contributed by atoms with van der Waals surface area (Å²) in [5.41, 5.74) is 8.84. The molecule has 2 heterocycles. The second kappa shape index (κ2) is 7.19. The number of likely N-dealkylation sites (N-methyl/N-ethyl adjacent to an activating group) is 1. The van der Waals surface area contributed by atoms with Crippen molar-refractivity contribution in [2.45, 2.75) is 32.9 Å². The molecule has 0 spiro atoms. The van der Waals surface area contributed by atoms with Crippen LogP contribution in [0.2, 0.25) is 0 Å². The molecule has 132 valence electrons. The third-order valence-electron chi connectivity index (χ3n) is 4.95. The molecule has 2 N–H and O–H groups in total. The summed E-state index contributed by atoms with van der Waals surface area (Å²) in [5.74, 6) is 1.30. The van der Waals surface area contributed by atoms with Crippen LogP contribution < -0.4 is 5.73 Å². The highest BCUT2D eigenvalue weighted by Crippen LogP contribution is 2.19. The maximum Gasteiger partial charge on any atom is 0.253 e. The number of nitrogens with zero attached hydrogens (tertiary/aromatic N) is 4. The zero-order valence-electron chi connectivity index (χ0n) is 15.1. The lowest BCUT2D eigenvalue weighted by atomic mass is 10.1. The van der Waals surface area contributed by atoms with Crippen LogP contribution in [0, 0.1) is 13.8 Å². The van der Waals surface area contributed by atoms with E-state index in [1.807, 2.05) is 37.1 Å². The highest BCUT2D eigenvalue weighted by molar-refractivity contribution is 5.94. The fourth-order valence-corrected chi connectivity index (χ4v) is 3.19. The standard InChI is InChI=1S/C19H25N5O/c1-13-4-5-15(10-14(13)2)19(25)24-9-7-16(11-24)23(3)12-18-21-8-6-17(20)22-18/h4-6,8,10,16H,7,9,11-12H2,1-3H3,(H2,20,21,22)/t16-/m0/s1. The molecule has 0 aliphatic carbocycles. The zero-order valence-corrected chi connectivity index (χ0v) is 15.1. The van der Waals surface area contributed by atoms with Gasteiger partial charge in [0, 0.05) is 30.9 Å². The summed E-state index contributed by atoms with van der Waals surface area (Å²) in [5, 5.41) is 0. The van der Waals surface area contributed by atoms with E-state index in [-0.39, 0.29) is 5.91 Å². The average Bonchev–Trinajstić information content (AvgIpc) is 3.07. The van der Waals surface area contributed by atoms with E-state index in [1.165, 1.54) is 5.56 Å². The molecule has 1 atom stereocenters. The van der Waals surface area contributed by atoms with Crippen LogP contribution in [-0.4, -0.2) is 51.9 Å². The van der Waals surface area contributed by atoms with E-state index < -0.39 is 0 Å². The van der Waals surface area contributed by atoms with E-state index in [9.17, 15) is 4.79 Å². The second-order valence-electron chi connectivity index (χ2n) is 6.81. The third-order valence-corrected chi connectivity index (χ3v) is 4.95. The van der Waals surface area contributed by atoms with Crippen molar-refractivity contribution in [3.8, 4) is 0 Å². The molecule has 0 unspecified atom stereocenters. The number of aromatic nitrogens is 2. The first-order chi connectivity index (χ1) is 11.9. The van der Waals surface area contributed by atoms with Crippen LogP contribution in [0.5, 0.6) is 0 Å². The Balaban J connectivity index is 1.62. The van der Waals surface area contributed by atoms with Gasteiger partial charge in [0.1, 0.15) is 11.6 Å².